The van der Waals surface area contributed by atoms with Crippen LogP contribution < -0.4 is 10.1 Å². The van der Waals surface area contributed by atoms with E-state index in [9.17, 15) is 13.2 Å². The molecule has 0 saturated heterocycles. The van der Waals surface area contributed by atoms with Crippen LogP contribution in [0.2, 0.25) is 10.0 Å². The second kappa shape index (κ2) is 7.61. The summed E-state index contributed by atoms with van der Waals surface area (Å²) < 4.78 is 28.6. The van der Waals surface area contributed by atoms with E-state index >= 15 is 0 Å². The topological polar surface area (TPSA) is 72.5 Å². The Bertz CT molecular complexity index is 864. The molecule has 0 fully saturated rings. The maximum atomic E-state index is 12.2. The Morgan fingerprint density at radius 3 is 2.29 bits per heavy atom. The van der Waals surface area contributed by atoms with Crippen LogP contribution >= 0.6 is 33.9 Å². The highest BCUT2D eigenvalue weighted by atomic mass is 35.7. The van der Waals surface area contributed by atoms with Crippen LogP contribution in [-0.4, -0.2) is 20.9 Å². The second-order valence-corrected chi connectivity index (χ2v) is 8.05. The smallest absolute Gasteiger partial charge is 0.265 e. The third kappa shape index (κ3) is 4.77. The number of halogens is 3. The molecule has 1 N–H and O–H groups in total. The molecule has 0 atom stereocenters. The standard InChI is InChI=1S/C15H12Cl3NO4S/c1-2-23-13-4-3-12(8-14(13)24(18,21)22)19-15(20)9-5-10(16)7-11(17)6-9/h3-8H,2H2,1H3,(H,19,20). The molecule has 9 heteroatoms. The van der Waals surface area contributed by atoms with E-state index in [-0.39, 0.29) is 28.5 Å². The van der Waals surface area contributed by atoms with Gasteiger partial charge in [0.25, 0.3) is 15.0 Å². The van der Waals surface area contributed by atoms with Crippen LogP contribution in [0.3, 0.4) is 0 Å². The predicted molar refractivity (Wildman–Crippen MR) is 95.1 cm³/mol. The zero-order valence-corrected chi connectivity index (χ0v) is 15.4. The summed E-state index contributed by atoms with van der Waals surface area (Å²) in [6.07, 6.45) is 0. The summed E-state index contributed by atoms with van der Waals surface area (Å²) in [5.74, 6) is -0.391. The molecule has 0 bridgehead atoms. The lowest BCUT2D eigenvalue weighted by Gasteiger charge is -2.11. The molecular formula is C15H12Cl3NO4S. The zero-order chi connectivity index (χ0) is 17.9. The van der Waals surface area contributed by atoms with Crippen molar-refractivity contribution in [2.24, 2.45) is 0 Å². The average Bonchev–Trinajstić information content (AvgIpc) is 2.47. The maximum Gasteiger partial charge on any atom is 0.265 e. The highest BCUT2D eigenvalue weighted by Crippen LogP contribution is 2.30. The Balaban J connectivity index is 2.34. The van der Waals surface area contributed by atoms with Gasteiger partial charge in [0.05, 0.1) is 6.61 Å². The fourth-order valence-electron chi connectivity index (χ4n) is 1.94. The Labute approximate surface area is 153 Å². The lowest BCUT2D eigenvalue weighted by molar-refractivity contribution is 0.102. The SMILES string of the molecule is CCOc1ccc(NC(=O)c2cc(Cl)cc(Cl)c2)cc1S(=O)(=O)Cl. The number of anilines is 1. The van der Waals surface area contributed by atoms with E-state index in [2.05, 4.69) is 5.32 Å². The molecule has 128 valence electrons. The van der Waals surface area contributed by atoms with Gasteiger partial charge >= 0.3 is 0 Å². The van der Waals surface area contributed by atoms with Gasteiger partial charge in [0.1, 0.15) is 10.6 Å². The molecule has 0 aliphatic heterocycles. The van der Waals surface area contributed by atoms with Crippen LogP contribution in [0.1, 0.15) is 17.3 Å². The number of nitrogens with one attached hydrogen (secondary N) is 1. The Morgan fingerprint density at radius 1 is 1.12 bits per heavy atom. The summed E-state index contributed by atoms with van der Waals surface area (Å²) in [4.78, 5) is 12.0. The molecular weight excluding hydrogens is 397 g/mol. The lowest BCUT2D eigenvalue weighted by Crippen LogP contribution is -2.12. The van der Waals surface area contributed by atoms with Crippen molar-refractivity contribution >= 4 is 54.5 Å². The Kier molecular flexibility index (Phi) is 5.98. The fourth-order valence-corrected chi connectivity index (χ4v) is 3.46. The van der Waals surface area contributed by atoms with Crippen molar-refractivity contribution in [3.63, 3.8) is 0 Å². The van der Waals surface area contributed by atoms with E-state index in [0.29, 0.717) is 10.0 Å². The maximum absolute atomic E-state index is 12.2. The van der Waals surface area contributed by atoms with Crippen molar-refractivity contribution < 1.29 is 17.9 Å². The molecule has 0 aliphatic carbocycles. The number of carbonyl (C=O) groups excluding carboxylic acids is 1. The van der Waals surface area contributed by atoms with Gasteiger partial charge in [0.2, 0.25) is 0 Å². The normalized spacial score (nSPS) is 11.2. The number of hydrogen-bond donors (Lipinski definition) is 1. The summed E-state index contributed by atoms with van der Waals surface area (Å²) in [5, 5.41) is 3.18. The number of benzene rings is 2. The molecule has 0 aliphatic rings. The van der Waals surface area contributed by atoms with Crippen molar-refractivity contribution in [1.82, 2.24) is 0 Å². The highest BCUT2D eigenvalue weighted by molar-refractivity contribution is 8.13. The molecule has 0 spiro atoms. The number of rotatable bonds is 5. The van der Waals surface area contributed by atoms with Crippen molar-refractivity contribution in [2.45, 2.75) is 11.8 Å². The molecule has 5 nitrogen and oxygen atoms in total. The van der Waals surface area contributed by atoms with Gasteiger partial charge in [-0.2, -0.15) is 0 Å². The lowest BCUT2D eigenvalue weighted by atomic mass is 10.2. The van der Waals surface area contributed by atoms with Crippen molar-refractivity contribution in [3.05, 3.63) is 52.0 Å². The van der Waals surface area contributed by atoms with Gasteiger partial charge in [0, 0.05) is 32.0 Å². The molecule has 0 heterocycles. The summed E-state index contributed by atoms with van der Waals surface area (Å²) in [6.45, 7) is 1.98. The molecule has 24 heavy (non-hydrogen) atoms. The largest absolute Gasteiger partial charge is 0.492 e. The molecule has 2 aromatic rings. The van der Waals surface area contributed by atoms with E-state index in [0.717, 1.165) is 0 Å². The number of ether oxygens (including phenoxy) is 1. The van der Waals surface area contributed by atoms with Gasteiger partial charge in [-0.3, -0.25) is 4.79 Å². The first kappa shape index (κ1) is 18.9. The van der Waals surface area contributed by atoms with Crippen LogP contribution in [0.5, 0.6) is 5.75 Å². The summed E-state index contributed by atoms with van der Waals surface area (Å²) >= 11 is 11.7. The molecule has 0 saturated carbocycles. The van der Waals surface area contributed by atoms with Gasteiger partial charge in [-0.1, -0.05) is 23.2 Å². The van der Waals surface area contributed by atoms with Crippen LogP contribution in [0, 0.1) is 0 Å². The van der Waals surface area contributed by atoms with Crippen LogP contribution in [0.15, 0.2) is 41.3 Å². The highest BCUT2D eigenvalue weighted by Gasteiger charge is 2.18. The minimum Gasteiger partial charge on any atom is -0.492 e. The van der Waals surface area contributed by atoms with E-state index in [1.54, 1.807) is 6.92 Å². The number of carbonyl (C=O) groups is 1. The molecule has 1 amide bonds. The van der Waals surface area contributed by atoms with E-state index in [1.807, 2.05) is 0 Å². The average molecular weight is 409 g/mol. The first-order valence-corrected chi connectivity index (χ1v) is 9.76. The molecule has 0 radical (unpaired) electrons. The zero-order valence-electron chi connectivity index (χ0n) is 12.3. The van der Waals surface area contributed by atoms with Gasteiger partial charge in [-0.25, -0.2) is 8.42 Å². The summed E-state index contributed by atoms with van der Waals surface area (Å²) in [5.41, 5.74) is 0.468. The minimum absolute atomic E-state index is 0.108. The van der Waals surface area contributed by atoms with Gasteiger partial charge < -0.3 is 10.1 Å². The first-order valence-electron chi connectivity index (χ1n) is 6.69. The van der Waals surface area contributed by atoms with Crippen molar-refractivity contribution in [3.8, 4) is 5.75 Å². The molecule has 0 aromatic heterocycles. The van der Waals surface area contributed by atoms with Crippen molar-refractivity contribution in [2.75, 3.05) is 11.9 Å². The Hall–Kier alpha value is -1.47. The quantitative estimate of drug-likeness (QED) is 0.735. The van der Waals surface area contributed by atoms with Crippen molar-refractivity contribution in [1.29, 1.82) is 0 Å². The fraction of sp³-hybridized carbons (Fsp3) is 0.133. The third-order valence-corrected chi connectivity index (χ3v) is 4.67. The molecule has 2 rings (SSSR count). The molecule has 0 unspecified atom stereocenters. The predicted octanol–water partition coefficient (Wildman–Crippen LogP) is 4.57. The van der Waals surface area contributed by atoms with E-state index in [4.69, 9.17) is 38.6 Å². The minimum atomic E-state index is -4.04. The molecule has 2 aromatic carbocycles. The van der Waals surface area contributed by atoms with Crippen LogP contribution in [0.25, 0.3) is 0 Å². The third-order valence-electron chi connectivity index (χ3n) is 2.89. The van der Waals surface area contributed by atoms with Gasteiger partial charge in [0.15, 0.2) is 0 Å². The number of amides is 1. The van der Waals surface area contributed by atoms with Gasteiger partial charge in [-0.15, -0.1) is 0 Å². The first-order chi connectivity index (χ1) is 11.2. The van der Waals surface area contributed by atoms with E-state index < -0.39 is 15.0 Å². The monoisotopic (exact) mass is 407 g/mol. The van der Waals surface area contributed by atoms with Crippen LogP contribution in [0.4, 0.5) is 5.69 Å². The summed E-state index contributed by atoms with van der Waals surface area (Å²) in [7, 11) is 1.37. The second-order valence-electron chi connectivity index (χ2n) is 4.64. The van der Waals surface area contributed by atoms with Gasteiger partial charge in [-0.05, 0) is 43.3 Å². The number of hydrogen-bond acceptors (Lipinski definition) is 4. The van der Waals surface area contributed by atoms with Crippen LogP contribution in [-0.2, 0) is 9.05 Å². The summed E-state index contributed by atoms with van der Waals surface area (Å²) in [6, 6.07) is 8.51. The Morgan fingerprint density at radius 2 is 1.75 bits per heavy atom. The van der Waals surface area contributed by atoms with E-state index in [1.165, 1.54) is 36.4 Å².